The molecule has 3 nitrogen and oxygen atoms in total. The van der Waals surface area contributed by atoms with E-state index in [1.807, 2.05) is 0 Å². The van der Waals surface area contributed by atoms with Gasteiger partial charge < -0.3 is 15.1 Å². The number of nitrogens with one attached hydrogen (secondary N) is 1. The van der Waals surface area contributed by atoms with Crippen molar-refractivity contribution in [2.75, 3.05) is 39.1 Å². The molecule has 1 rings (SSSR count). The van der Waals surface area contributed by atoms with E-state index in [2.05, 4.69) is 74.4 Å². The minimum atomic E-state index is 0.519. The van der Waals surface area contributed by atoms with Crippen LogP contribution in [0.2, 0.25) is 0 Å². The van der Waals surface area contributed by atoms with Gasteiger partial charge in [0.25, 0.3) is 0 Å². The zero-order valence-corrected chi connectivity index (χ0v) is 12.4. The van der Waals surface area contributed by atoms with Gasteiger partial charge in [0.1, 0.15) is 0 Å². The maximum absolute atomic E-state index is 3.48. The number of likely N-dealkylation sites (N-methyl/N-ethyl adjacent to an activating group) is 2. The Labute approximate surface area is 112 Å². The van der Waals surface area contributed by atoms with Gasteiger partial charge in [-0.3, -0.25) is 0 Å². The average molecular weight is 249 g/mol. The molecule has 0 fully saturated rings. The van der Waals surface area contributed by atoms with Crippen molar-refractivity contribution in [3.05, 3.63) is 29.8 Å². The molecule has 0 atom stereocenters. The molecule has 1 N–H and O–H groups in total. The number of rotatable bonds is 7. The molecule has 3 heteroatoms. The van der Waals surface area contributed by atoms with Crippen LogP contribution in [0.15, 0.2) is 24.3 Å². The van der Waals surface area contributed by atoms with Crippen molar-refractivity contribution in [1.82, 2.24) is 10.2 Å². The Morgan fingerprint density at radius 2 is 1.72 bits per heavy atom. The molecule has 18 heavy (non-hydrogen) atoms. The van der Waals surface area contributed by atoms with Crippen molar-refractivity contribution >= 4 is 5.69 Å². The van der Waals surface area contributed by atoms with Gasteiger partial charge >= 0.3 is 0 Å². The molecule has 0 saturated carbocycles. The largest absolute Gasteiger partial charge is 0.373 e. The Morgan fingerprint density at radius 1 is 1.06 bits per heavy atom. The van der Waals surface area contributed by atoms with Crippen LogP contribution < -0.4 is 10.2 Å². The van der Waals surface area contributed by atoms with Gasteiger partial charge in [0, 0.05) is 38.4 Å². The van der Waals surface area contributed by atoms with Crippen LogP contribution in [0.4, 0.5) is 5.69 Å². The summed E-state index contributed by atoms with van der Waals surface area (Å²) in [4.78, 5) is 4.54. The predicted molar refractivity (Wildman–Crippen MR) is 80.2 cm³/mol. The monoisotopic (exact) mass is 249 g/mol. The molecule has 0 heterocycles. The third-order valence-electron chi connectivity index (χ3n) is 2.99. The van der Waals surface area contributed by atoms with E-state index in [-0.39, 0.29) is 0 Å². The smallest absolute Gasteiger partial charge is 0.0409 e. The fraction of sp³-hybridized carbons (Fsp3) is 0.600. The summed E-state index contributed by atoms with van der Waals surface area (Å²) < 4.78 is 0. The molecule has 0 aromatic heterocycles. The second-order valence-corrected chi connectivity index (χ2v) is 5.39. The quantitative estimate of drug-likeness (QED) is 0.799. The van der Waals surface area contributed by atoms with Crippen molar-refractivity contribution in [3.63, 3.8) is 0 Å². The van der Waals surface area contributed by atoms with Gasteiger partial charge in [-0.15, -0.1) is 0 Å². The maximum Gasteiger partial charge on any atom is 0.0409 e. The highest BCUT2D eigenvalue weighted by Crippen LogP contribution is 2.18. The molecule has 0 aliphatic carbocycles. The van der Waals surface area contributed by atoms with Gasteiger partial charge in [-0.1, -0.05) is 32.0 Å². The van der Waals surface area contributed by atoms with Crippen LogP contribution in [0.5, 0.6) is 0 Å². The van der Waals surface area contributed by atoms with Gasteiger partial charge in [0.2, 0.25) is 0 Å². The lowest BCUT2D eigenvalue weighted by atomic mass is 10.1. The van der Waals surface area contributed by atoms with E-state index in [0.29, 0.717) is 6.04 Å². The second-order valence-electron chi connectivity index (χ2n) is 5.39. The van der Waals surface area contributed by atoms with Gasteiger partial charge in [0.05, 0.1) is 0 Å². The minimum absolute atomic E-state index is 0.519. The van der Waals surface area contributed by atoms with Crippen LogP contribution in [0.25, 0.3) is 0 Å². The summed E-state index contributed by atoms with van der Waals surface area (Å²) in [6, 6.07) is 9.15. The summed E-state index contributed by atoms with van der Waals surface area (Å²) in [6.45, 7) is 7.41. The lowest BCUT2D eigenvalue weighted by Crippen LogP contribution is -2.30. The van der Waals surface area contributed by atoms with Crippen LogP contribution in [0.3, 0.4) is 0 Å². The van der Waals surface area contributed by atoms with Crippen molar-refractivity contribution in [2.45, 2.75) is 26.4 Å². The van der Waals surface area contributed by atoms with Gasteiger partial charge in [-0.25, -0.2) is 0 Å². The summed E-state index contributed by atoms with van der Waals surface area (Å²) in [5.74, 6) is 0. The highest BCUT2D eigenvalue weighted by molar-refractivity contribution is 5.53. The third-order valence-corrected chi connectivity index (χ3v) is 2.99. The van der Waals surface area contributed by atoms with Crippen LogP contribution in [-0.2, 0) is 6.54 Å². The number of nitrogens with zero attached hydrogens (tertiary/aromatic N) is 2. The number of para-hydroxylation sites is 1. The first kappa shape index (κ1) is 15.0. The highest BCUT2D eigenvalue weighted by atomic mass is 15.2. The summed E-state index contributed by atoms with van der Waals surface area (Å²) in [5.41, 5.74) is 2.69. The molecule has 0 bridgehead atoms. The second kappa shape index (κ2) is 7.39. The fourth-order valence-corrected chi connectivity index (χ4v) is 1.82. The molecule has 0 spiro atoms. The van der Waals surface area contributed by atoms with Crippen LogP contribution >= 0.6 is 0 Å². The first-order valence-corrected chi connectivity index (χ1v) is 6.68. The number of hydrogen-bond acceptors (Lipinski definition) is 3. The normalized spacial score (nSPS) is 11.3. The Bertz CT molecular complexity index is 347. The third kappa shape index (κ3) is 5.07. The zero-order chi connectivity index (χ0) is 13.5. The summed E-state index contributed by atoms with van der Waals surface area (Å²) in [5, 5.41) is 3.48. The van der Waals surface area contributed by atoms with Gasteiger partial charge in [-0.05, 0) is 25.7 Å². The van der Waals surface area contributed by atoms with E-state index in [4.69, 9.17) is 0 Å². The fourth-order valence-electron chi connectivity index (χ4n) is 1.82. The molecule has 1 aromatic rings. The van der Waals surface area contributed by atoms with E-state index < -0.39 is 0 Å². The molecule has 1 aromatic carbocycles. The minimum Gasteiger partial charge on any atom is -0.373 e. The van der Waals surface area contributed by atoms with E-state index in [1.165, 1.54) is 11.3 Å². The Kier molecular flexibility index (Phi) is 6.16. The van der Waals surface area contributed by atoms with Crippen molar-refractivity contribution in [1.29, 1.82) is 0 Å². The molecule has 0 unspecified atom stereocenters. The van der Waals surface area contributed by atoms with E-state index in [0.717, 1.165) is 19.6 Å². The summed E-state index contributed by atoms with van der Waals surface area (Å²) in [7, 11) is 6.39. The molecular weight excluding hydrogens is 222 g/mol. The molecule has 0 aliphatic rings. The molecule has 0 saturated heterocycles. The van der Waals surface area contributed by atoms with Gasteiger partial charge in [-0.2, -0.15) is 0 Å². The lowest BCUT2D eigenvalue weighted by Gasteiger charge is -2.24. The standard InChI is InChI=1S/C15H27N3/c1-13(2)16-12-14-8-6-7-9-15(14)18(5)11-10-17(3)4/h6-9,13,16H,10-12H2,1-5H3. The van der Waals surface area contributed by atoms with Gasteiger partial charge in [0.15, 0.2) is 0 Å². The van der Waals surface area contributed by atoms with Crippen LogP contribution in [0.1, 0.15) is 19.4 Å². The van der Waals surface area contributed by atoms with E-state index in [1.54, 1.807) is 0 Å². The summed E-state index contributed by atoms with van der Waals surface area (Å²) in [6.07, 6.45) is 0. The van der Waals surface area contributed by atoms with Crippen molar-refractivity contribution in [3.8, 4) is 0 Å². The van der Waals surface area contributed by atoms with E-state index in [9.17, 15) is 0 Å². The Hall–Kier alpha value is -1.06. The van der Waals surface area contributed by atoms with Crippen LogP contribution in [-0.4, -0.2) is 45.2 Å². The molecule has 102 valence electrons. The number of benzene rings is 1. The zero-order valence-electron chi connectivity index (χ0n) is 12.4. The van der Waals surface area contributed by atoms with E-state index >= 15 is 0 Å². The van der Waals surface area contributed by atoms with Crippen LogP contribution in [0, 0.1) is 0 Å². The molecule has 0 aliphatic heterocycles. The SMILES string of the molecule is CC(C)NCc1ccccc1N(C)CCN(C)C. The Morgan fingerprint density at radius 3 is 2.33 bits per heavy atom. The number of anilines is 1. The Balaban J connectivity index is 2.68. The average Bonchev–Trinajstić information content (AvgIpc) is 2.33. The van der Waals surface area contributed by atoms with Crippen molar-refractivity contribution < 1.29 is 0 Å². The first-order valence-electron chi connectivity index (χ1n) is 6.68. The first-order chi connectivity index (χ1) is 8.50. The topological polar surface area (TPSA) is 18.5 Å². The number of hydrogen-bond donors (Lipinski definition) is 1. The molecular formula is C15H27N3. The highest BCUT2D eigenvalue weighted by Gasteiger charge is 2.07. The lowest BCUT2D eigenvalue weighted by molar-refractivity contribution is 0.416. The predicted octanol–water partition coefficient (Wildman–Crippen LogP) is 2.18. The molecule has 0 radical (unpaired) electrons. The molecule has 0 amide bonds. The summed E-state index contributed by atoms with van der Waals surface area (Å²) >= 11 is 0. The van der Waals surface area contributed by atoms with Crippen molar-refractivity contribution in [2.24, 2.45) is 0 Å². The maximum atomic E-state index is 3.48.